The summed E-state index contributed by atoms with van der Waals surface area (Å²) in [6, 6.07) is 14.3. The number of rotatable bonds is 2. The summed E-state index contributed by atoms with van der Waals surface area (Å²) in [5.41, 5.74) is 6.37. The Balaban J connectivity index is 2.05. The van der Waals surface area contributed by atoms with Gasteiger partial charge in [0.05, 0.1) is 0 Å². The van der Waals surface area contributed by atoms with Crippen molar-refractivity contribution in [1.82, 2.24) is 0 Å². The second kappa shape index (κ2) is 5.27. The van der Waals surface area contributed by atoms with Gasteiger partial charge in [0.25, 0.3) is 0 Å². The average molecular weight is 305 g/mol. The van der Waals surface area contributed by atoms with Crippen LogP contribution in [0, 0.1) is 6.92 Å². The third-order valence-corrected chi connectivity index (χ3v) is 4.57. The zero-order valence-corrected chi connectivity index (χ0v) is 13.4. The molecular weight excluding hydrogens is 286 g/mol. The topological polar surface area (TPSA) is 33.5 Å². The number of hydrogen-bond donors (Lipinski definition) is 0. The van der Waals surface area contributed by atoms with Crippen molar-refractivity contribution in [2.45, 2.75) is 26.8 Å². The number of benzene rings is 2. The standard InChI is InChI=1S/C20H19NO2/c1-3-8-21-12-14-6-4-5-7-15(14)17-10-16-13(2)9-20(22)23-19(16)11-18(17)21/h4-7,9-11H,3,8,12H2,1-2H3. The molecule has 0 amide bonds. The summed E-state index contributed by atoms with van der Waals surface area (Å²) in [6.07, 6.45) is 1.08. The molecule has 1 aliphatic rings. The molecule has 0 saturated heterocycles. The maximum Gasteiger partial charge on any atom is 0.336 e. The lowest BCUT2D eigenvalue weighted by Crippen LogP contribution is -2.27. The number of fused-ring (bicyclic) bond motifs is 4. The largest absolute Gasteiger partial charge is 0.423 e. The van der Waals surface area contributed by atoms with Gasteiger partial charge in [-0.1, -0.05) is 31.2 Å². The van der Waals surface area contributed by atoms with Crippen molar-refractivity contribution in [3.05, 3.63) is 64.0 Å². The van der Waals surface area contributed by atoms with E-state index in [1.54, 1.807) is 6.07 Å². The molecule has 0 aliphatic carbocycles. The number of hydrogen-bond acceptors (Lipinski definition) is 3. The normalized spacial score (nSPS) is 13.0. The zero-order valence-electron chi connectivity index (χ0n) is 13.4. The summed E-state index contributed by atoms with van der Waals surface area (Å²) in [6.45, 7) is 6.04. The molecule has 23 heavy (non-hydrogen) atoms. The van der Waals surface area contributed by atoms with Crippen LogP contribution < -0.4 is 10.5 Å². The van der Waals surface area contributed by atoms with E-state index in [1.165, 1.54) is 16.7 Å². The number of aryl methyl sites for hydroxylation is 1. The van der Waals surface area contributed by atoms with E-state index < -0.39 is 0 Å². The van der Waals surface area contributed by atoms with Gasteiger partial charge in [-0.3, -0.25) is 0 Å². The molecule has 3 heteroatoms. The molecule has 0 spiro atoms. The first kappa shape index (κ1) is 14.1. The van der Waals surface area contributed by atoms with Crippen molar-refractivity contribution < 1.29 is 4.42 Å². The van der Waals surface area contributed by atoms with Crippen LogP contribution in [0.5, 0.6) is 0 Å². The van der Waals surface area contributed by atoms with Crippen LogP contribution in [0.3, 0.4) is 0 Å². The van der Waals surface area contributed by atoms with Gasteiger partial charge in [-0.05, 0) is 36.1 Å². The fourth-order valence-electron chi connectivity index (χ4n) is 3.51. The van der Waals surface area contributed by atoms with Gasteiger partial charge >= 0.3 is 5.63 Å². The van der Waals surface area contributed by atoms with Crippen molar-refractivity contribution in [3.63, 3.8) is 0 Å². The lowest BCUT2D eigenvalue weighted by molar-refractivity contribution is 0.559. The van der Waals surface area contributed by atoms with Crippen molar-refractivity contribution in [3.8, 4) is 11.1 Å². The molecule has 4 rings (SSSR count). The molecule has 3 aromatic rings. The quantitative estimate of drug-likeness (QED) is 0.654. The second-order valence-corrected chi connectivity index (χ2v) is 6.19. The van der Waals surface area contributed by atoms with Crippen LogP contribution in [-0.2, 0) is 6.54 Å². The van der Waals surface area contributed by atoms with Crippen LogP contribution in [0.1, 0.15) is 24.5 Å². The third-order valence-electron chi connectivity index (χ3n) is 4.57. The van der Waals surface area contributed by atoms with Gasteiger partial charge in [-0.2, -0.15) is 0 Å². The van der Waals surface area contributed by atoms with E-state index in [-0.39, 0.29) is 5.63 Å². The Bertz CT molecular complexity index is 956. The summed E-state index contributed by atoms with van der Waals surface area (Å²) in [5.74, 6) is 0. The molecule has 0 fully saturated rings. The van der Waals surface area contributed by atoms with E-state index in [0.717, 1.165) is 36.1 Å². The summed E-state index contributed by atoms with van der Waals surface area (Å²) in [5, 5.41) is 1.01. The summed E-state index contributed by atoms with van der Waals surface area (Å²) in [7, 11) is 0. The summed E-state index contributed by atoms with van der Waals surface area (Å²) in [4.78, 5) is 14.1. The number of nitrogens with zero attached hydrogens (tertiary/aromatic N) is 1. The molecular formula is C20H19NO2. The molecule has 0 bridgehead atoms. The van der Waals surface area contributed by atoms with Crippen molar-refractivity contribution in [2.24, 2.45) is 0 Å². The molecule has 116 valence electrons. The monoisotopic (exact) mass is 305 g/mol. The third kappa shape index (κ3) is 2.24. The van der Waals surface area contributed by atoms with Gasteiger partial charge in [-0.15, -0.1) is 0 Å². The molecule has 2 aromatic carbocycles. The van der Waals surface area contributed by atoms with Gasteiger partial charge < -0.3 is 9.32 Å². The van der Waals surface area contributed by atoms with E-state index in [0.29, 0.717) is 5.58 Å². The van der Waals surface area contributed by atoms with Crippen molar-refractivity contribution >= 4 is 16.7 Å². The highest BCUT2D eigenvalue weighted by Crippen LogP contribution is 2.41. The molecule has 1 aliphatic heterocycles. The average Bonchev–Trinajstić information content (AvgIpc) is 2.54. The minimum absolute atomic E-state index is 0.284. The lowest BCUT2D eigenvalue weighted by atomic mass is 9.91. The molecule has 0 N–H and O–H groups in total. The van der Waals surface area contributed by atoms with Gasteiger partial charge in [-0.25, -0.2) is 4.79 Å². The fraction of sp³-hybridized carbons (Fsp3) is 0.250. The molecule has 0 atom stereocenters. The van der Waals surface area contributed by atoms with E-state index in [1.807, 2.05) is 13.0 Å². The van der Waals surface area contributed by atoms with Gasteiger partial charge in [0.1, 0.15) is 5.58 Å². The highest BCUT2D eigenvalue weighted by atomic mass is 16.4. The highest BCUT2D eigenvalue weighted by Gasteiger charge is 2.22. The molecule has 0 radical (unpaired) electrons. The first-order valence-electron chi connectivity index (χ1n) is 8.09. The van der Waals surface area contributed by atoms with Crippen molar-refractivity contribution in [2.75, 3.05) is 11.4 Å². The summed E-state index contributed by atoms with van der Waals surface area (Å²) < 4.78 is 5.44. The Morgan fingerprint density at radius 3 is 2.78 bits per heavy atom. The maximum absolute atomic E-state index is 11.7. The van der Waals surface area contributed by atoms with E-state index in [9.17, 15) is 4.79 Å². The minimum atomic E-state index is -0.284. The Morgan fingerprint density at radius 2 is 1.96 bits per heavy atom. The van der Waals surface area contributed by atoms with Gasteiger partial charge in [0.15, 0.2) is 0 Å². The van der Waals surface area contributed by atoms with Crippen LogP contribution in [0.2, 0.25) is 0 Å². The molecule has 3 nitrogen and oxygen atoms in total. The van der Waals surface area contributed by atoms with E-state index >= 15 is 0 Å². The Kier molecular flexibility index (Phi) is 3.22. The van der Waals surface area contributed by atoms with E-state index in [2.05, 4.69) is 42.2 Å². The minimum Gasteiger partial charge on any atom is -0.423 e. The zero-order chi connectivity index (χ0) is 16.0. The molecule has 2 heterocycles. The predicted octanol–water partition coefficient (Wildman–Crippen LogP) is 4.50. The molecule has 0 unspecified atom stereocenters. The molecule has 0 saturated carbocycles. The first-order chi connectivity index (χ1) is 11.2. The first-order valence-corrected chi connectivity index (χ1v) is 8.09. The van der Waals surface area contributed by atoms with Gasteiger partial charge in [0.2, 0.25) is 0 Å². The van der Waals surface area contributed by atoms with Crippen molar-refractivity contribution in [1.29, 1.82) is 0 Å². The fourth-order valence-corrected chi connectivity index (χ4v) is 3.51. The Morgan fingerprint density at radius 1 is 1.13 bits per heavy atom. The van der Waals surface area contributed by atoms with Crippen LogP contribution >= 0.6 is 0 Å². The summed E-state index contributed by atoms with van der Waals surface area (Å²) >= 11 is 0. The van der Waals surface area contributed by atoms with Crippen LogP contribution in [0.25, 0.3) is 22.1 Å². The van der Waals surface area contributed by atoms with Crippen LogP contribution in [0.15, 0.2) is 51.7 Å². The molecule has 1 aromatic heterocycles. The smallest absolute Gasteiger partial charge is 0.336 e. The van der Waals surface area contributed by atoms with Gasteiger partial charge in [0, 0.05) is 41.9 Å². The predicted molar refractivity (Wildman–Crippen MR) is 94.0 cm³/mol. The lowest BCUT2D eigenvalue weighted by Gasteiger charge is -2.33. The highest BCUT2D eigenvalue weighted by molar-refractivity contribution is 5.95. The number of anilines is 1. The maximum atomic E-state index is 11.7. The van der Waals surface area contributed by atoms with E-state index in [4.69, 9.17) is 4.42 Å². The SMILES string of the molecule is CCCN1Cc2ccccc2-c2cc3c(C)cc(=O)oc3cc21. The Hall–Kier alpha value is -2.55. The Labute approximate surface area is 135 Å². The van der Waals surface area contributed by atoms with Crippen LogP contribution in [0.4, 0.5) is 5.69 Å². The van der Waals surface area contributed by atoms with Crippen LogP contribution in [-0.4, -0.2) is 6.54 Å². The second-order valence-electron chi connectivity index (χ2n) is 6.19.